The van der Waals surface area contributed by atoms with Crippen LogP contribution in [-0.4, -0.2) is 21.3 Å². The monoisotopic (exact) mass is 345 g/mol. The van der Waals surface area contributed by atoms with Gasteiger partial charge in [-0.1, -0.05) is 37.3 Å². The lowest BCUT2D eigenvalue weighted by molar-refractivity contribution is -0.116. The number of aryl methyl sites for hydroxylation is 1. The number of fused-ring (bicyclic) bond motifs is 1. The molecule has 26 heavy (non-hydrogen) atoms. The van der Waals surface area contributed by atoms with Crippen molar-refractivity contribution < 1.29 is 9.90 Å². The molecule has 1 amide bonds. The fraction of sp³-hybridized carbons (Fsp3) is 0.143. The van der Waals surface area contributed by atoms with E-state index in [0.29, 0.717) is 11.3 Å². The van der Waals surface area contributed by atoms with Gasteiger partial charge in [0.05, 0.1) is 11.3 Å². The number of aromatic hydroxyl groups is 1. The van der Waals surface area contributed by atoms with E-state index in [1.165, 1.54) is 0 Å². The molecule has 1 unspecified atom stereocenters. The first-order chi connectivity index (χ1) is 12.5. The summed E-state index contributed by atoms with van der Waals surface area (Å²) in [5.74, 6) is -0.0515. The van der Waals surface area contributed by atoms with Gasteiger partial charge in [0.25, 0.3) is 5.91 Å². The topological polar surface area (TPSA) is 66.6 Å². The second-order valence-electron chi connectivity index (χ2n) is 6.52. The van der Waals surface area contributed by atoms with E-state index in [9.17, 15) is 9.90 Å². The van der Waals surface area contributed by atoms with E-state index in [1.807, 2.05) is 50.5 Å². The number of phenolic OH excluding ortho intramolecular Hbond substituents is 1. The molecular weight excluding hydrogens is 326 g/mol. The molecule has 2 N–H and O–H groups in total. The fourth-order valence-corrected chi connectivity index (χ4v) is 3.38. The van der Waals surface area contributed by atoms with Gasteiger partial charge in [0, 0.05) is 35.6 Å². The third-order valence-electron chi connectivity index (χ3n) is 4.83. The van der Waals surface area contributed by atoms with Crippen molar-refractivity contribution in [2.45, 2.75) is 12.8 Å². The number of carbonyl (C=O) groups is 1. The normalized spacial score (nSPS) is 16.8. The van der Waals surface area contributed by atoms with Gasteiger partial charge in [-0.3, -0.25) is 4.79 Å². The van der Waals surface area contributed by atoms with Gasteiger partial charge in [-0.15, -0.1) is 0 Å². The molecule has 0 aliphatic carbocycles. The molecule has 130 valence electrons. The predicted octanol–water partition coefficient (Wildman–Crippen LogP) is 3.56. The van der Waals surface area contributed by atoms with E-state index in [2.05, 4.69) is 27.2 Å². The molecule has 2 aromatic carbocycles. The first-order valence-corrected chi connectivity index (χ1v) is 8.47. The molecule has 1 aliphatic rings. The maximum atomic E-state index is 12.4. The summed E-state index contributed by atoms with van der Waals surface area (Å²) in [6.07, 6.45) is 3.92. The molecule has 3 aromatic rings. The van der Waals surface area contributed by atoms with E-state index in [4.69, 9.17) is 0 Å². The van der Waals surface area contributed by atoms with Crippen LogP contribution < -0.4 is 5.43 Å². The van der Waals surface area contributed by atoms with Gasteiger partial charge < -0.3 is 9.67 Å². The lowest BCUT2D eigenvalue weighted by Gasteiger charge is -2.12. The van der Waals surface area contributed by atoms with Crippen LogP contribution in [0.15, 0.2) is 65.4 Å². The average Bonchev–Trinajstić information content (AvgIpc) is 3.17. The Morgan fingerprint density at radius 3 is 2.65 bits per heavy atom. The Balaban J connectivity index is 1.76. The number of nitrogens with one attached hydrogen (secondary N) is 1. The van der Waals surface area contributed by atoms with Crippen molar-refractivity contribution in [2.75, 3.05) is 0 Å². The van der Waals surface area contributed by atoms with Crippen molar-refractivity contribution in [3.05, 3.63) is 71.4 Å². The highest BCUT2D eigenvalue weighted by atomic mass is 16.3. The first kappa shape index (κ1) is 16.1. The second kappa shape index (κ2) is 6.19. The van der Waals surface area contributed by atoms with Gasteiger partial charge in [0.15, 0.2) is 0 Å². The van der Waals surface area contributed by atoms with Crippen molar-refractivity contribution in [1.29, 1.82) is 0 Å². The number of phenols is 1. The standard InChI is InChI=1S/C21H19N3O2/c1-13(14-7-9-16(25)10-8-14)20-18(21(26)23-22-20)11-15-12-24(2)19-6-4-3-5-17(15)19/h3-13,25H,1-2H3,(H,23,26)/b18-11-. The number of benzene rings is 2. The number of para-hydroxylation sites is 1. The third-order valence-corrected chi connectivity index (χ3v) is 4.83. The molecule has 2 heterocycles. The van der Waals surface area contributed by atoms with E-state index < -0.39 is 0 Å². The van der Waals surface area contributed by atoms with Crippen LogP contribution in [0.1, 0.15) is 24.0 Å². The van der Waals surface area contributed by atoms with E-state index in [-0.39, 0.29) is 17.6 Å². The Morgan fingerprint density at radius 2 is 1.88 bits per heavy atom. The number of amides is 1. The highest BCUT2D eigenvalue weighted by molar-refractivity contribution is 6.29. The molecule has 1 aromatic heterocycles. The number of nitrogens with zero attached hydrogens (tertiary/aromatic N) is 2. The van der Waals surface area contributed by atoms with Crippen molar-refractivity contribution in [3.63, 3.8) is 0 Å². The van der Waals surface area contributed by atoms with Gasteiger partial charge in [-0.25, -0.2) is 5.43 Å². The number of aromatic nitrogens is 1. The summed E-state index contributed by atoms with van der Waals surface area (Å²) in [6.45, 7) is 2.00. The third kappa shape index (κ3) is 2.67. The summed E-state index contributed by atoms with van der Waals surface area (Å²) in [5.41, 5.74) is 6.94. The summed E-state index contributed by atoms with van der Waals surface area (Å²) < 4.78 is 2.05. The SMILES string of the molecule is CC(C1=NNC(=O)/C1=C\c1cn(C)c2ccccc12)c1ccc(O)cc1. The van der Waals surface area contributed by atoms with Gasteiger partial charge in [-0.2, -0.15) is 5.10 Å². The summed E-state index contributed by atoms with van der Waals surface area (Å²) in [7, 11) is 1.99. The minimum Gasteiger partial charge on any atom is -0.508 e. The molecule has 1 atom stereocenters. The zero-order valence-corrected chi connectivity index (χ0v) is 14.6. The molecule has 0 spiro atoms. The van der Waals surface area contributed by atoms with Crippen LogP contribution >= 0.6 is 0 Å². The lowest BCUT2D eigenvalue weighted by Crippen LogP contribution is -2.15. The van der Waals surface area contributed by atoms with Gasteiger partial charge in [-0.05, 0) is 29.8 Å². The van der Waals surface area contributed by atoms with Crippen LogP contribution in [0, 0.1) is 0 Å². The number of hydrogen-bond donors (Lipinski definition) is 2. The van der Waals surface area contributed by atoms with Crippen LogP contribution in [0.2, 0.25) is 0 Å². The van der Waals surface area contributed by atoms with Crippen LogP contribution in [0.3, 0.4) is 0 Å². The summed E-state index contributed by atoms with van der Waals surface area (Å²) in [4.78, 5) is 12.4. The Kier molecular flexibility index (Phi) is 3.84. The Labute approximate surface area is 151 Å². The zero-order chi connectivity index (χ0) is 18.3. The highest BCUT2D eigenvalue weighted by Gasteiger charge is 2.28. The smallest absolute Gasteiger partial charge is 0.273 e. The van der Waals surface area contributed by atoms with Gasteiger partial charge >= 0.3 is 0 Å². The molecule has 0 saturated carbocycles. The fourth-order valence-electron chi connectivity index (χ4n) is 3.38. The van der Waals surface area contributed by atoms with E-state index in [1.54, 1.807) is 12.1 Å². The number of rotatable bonds is 3. The molecule has 4 rings (SSSR count). The van der Waals surface area contributed by atoms with Crippen molar-refractivity contribution >= 4 is 28.6 Å². The van der Waals surface area contributed by atoms with Gasteiger partial charge in [0.2, 0.25) is 0 Å². The summed E-state index contributed by atoms with van der Waals surface area (Å²) in [5, 5.41) is 14.8. The maximum absolute atomic E-state index is 12.4. The number of carbonyl (C=O) groups excluding carboxylic acids is 1. The highest BCUT2D eigenvalue weighted by Crippen LogP contribution is 2.28. The van der Waals surface area contributed by atoms with Crippen LogP contribution in [-0.2, 0) is 11.8 Å². The lowest BCUT2D eigenvalue weighted by atomic mass is 9.90. The molecule has 0 radical (unpaired) electrons. The van der Waals surface area contributed by atoms with Crippen molar-refractivity contribution in [1.82, 2.24) is 9.99 Å². The molecule has 5 heteroatoms. The maximum Gasteiger partial charge on any atom is 0.273 e. The molecule has 0 saturated heterocycles. The molecule has 0 bridgehead atoms. The van der Waals surface area contributed by atoms with Crippen LogP contribution in [0.4, 0.5) is 0 Å². The summed E-state index contributed by atoms with van der Waals surface area (Å²) >= 11 is 0. The molecule has 0 fully saturated rings. The van der Waals surface area contributed by atoms with E-state index >= 15 is 0 Å². The minimum atomic E-state index is -0.196. The predicted molar refractivity (Wildman–Crippen MR) is 103 cm³/mol. The Hall–Kier alpha value is -3.34. The Morgan fingerprint density at radius 1 is 1.15 bits per heavy atom. The Bertz CT molecular complexity index is 1060. The molecule has 1 aliphatic heterocycles. The van der Waals surface area contributed by atoms with Crippen LogP contribution in [0.5, 0.6) is 5.75 Å². The van der Waals surface area contributed by atoms with Crippen molar-refractivity contribution in [2.24, 2.45) is 12.1 Å². The van der Waals surface area contributed by atoms with E-state index in [0.717, 1.165) is 22.0 Å². The number of hydrazone groups is 1. The molecular formula is C21H19N3O2. The van der Waals surface area contributed by atoms with Crippen molar-refractivity contribution in [3.8, 4) is 5.75 Å². The molecule has 5 nitrogen and oxygen atoms in total. The van der Waals surface area contributed by atoms with Crippen LogP contribution in [0.25, 0.3) is 17.0 Å². The quantitative estimate of drug-likeness (QED) is 0.713. The number of hydrogen-bond acceptors (Lipinski definition) is 3. The largest absolute Gasteiger partial charge is 0.508 e. The minimum absolute atomic E-state index is 0.0734. The zero-order valence-electron chi connectivity index (χ0n) is 14.6. The summed E-state index contributed by atoms with van der Waals surface area (Å²) in [6, 6.07) is 15.1. The average molecular weight is 345 g/mol. The second-order valence-corrected chi connectivity index (χ2v) is 6.52. The van der Waals surface area contributed by atoms with Gasteiger partial charge in [0.1, 0.15) is 5.75 Å². The first-order valence-electron chi connectivity index (χ1n) is 8.47.